The number of anilines is 1. The molecule has 1 N–H and O–H groups in total. The Balaban J connectivity index is 1.74. The van der Waals surface area contributed by atoms with E-state index in [1.54, 1.807) is 35.2 Å². The van der Waals surface area contributed by atoms with E-state index in [1.807, 2.05) is 50.2 Å². The number of Topliss-reactive ketones (excluding diaryl/α,β-unsaturated/α-hetero) is 1. The fourth-order valence-electron chi connectivity index (χ4n) is 5.13. The van der Waals surface area contributed by atoms with Crippen LogP contribution < -0.4 is 4.90 Å². The fourth-order valence-corrected chi connectivity index (χ4v) is 5.13. The Morgan fingerprint density at radius 2 is 1.77 bits per heavy atom. The molecule has 0 aliphatic carbocycles. The maximum absolute atomic E-state index is 14.2. The number of ketones is 1. The monoisotopic (exact) mass is 473 g/mol. The van der Waals surface area contributed by atoms with Crippen LogP contribution in [0.1, 0.15) is 29.5 Å². The number of fused-ring (bicyclic) bond motifs is 3. The van der Waals surface area contributed by atoms with Crippen molar-refractivity contribution < 1.29 is 23.9 Å². The maximum Gasteiger partial charge on any atom is 0.290 e. The van der Waals surface area contributed by atoms with E-state index in [1.165, 1.54) is 4.90 Å². The lowest BCUT2D eigenvalue weighted by molar-refractivity contribution is -0.140. The number of likely N-dealkylation sites (N-methyl/N-ethyl adjacent to an activating group) is 1. The van der Waals surface area contributed by atoms with Gasteiger partial charge < -0.3 is 24.2 Å². The highest BCUT2D eigenvalue weighted by Gasteiger charge is 2.65. The van der Waals surface area contributed by atoms with Crippen LogP contribution in [0.3, 0.4) is 0 Å². The number of hydrogen-bond acceptors (Lipinski definition) is 6. The summed E-state index contributed by atoms with van der Waals surface area (Å²) in [6.07, 6.45) is 0.685. The van der Waals surface area contributed by atoms with Gasteiger partial charge in [0.25, 0.3) is 11.8 Å². The van der Waals surface area contributed by atoms with E-state index >= 15 is 0 Å². The van der Waals surface area contributed by atoms with Gasteiger partial charge in [-0.15, -0.1) is 0 Å². The van der Waals surface area contributed by atoms with Crippen molar-refractivity contribution in [2.24, 2.45) is 0 Å². The number of nitrogens with zero attached hydrogens (tertiary/aromatic N) is 3. The normalized spacial score (nSPS) is 19.7. The molecule has 8 heteroatoms. The number of rotatable bonds is 7. The van der Waals surface area contributed by atoms with Crippen molar-refractivity contribution in [1.82, 2.24) is 9.80 Å². The lowest BCUT2D eigenvalue weighted by Crippen LogP contribution is -2.55. The number of aliphatic hydroxyl groups is 1. The van der Waals surface area contributed by atoms with Crippen molar-refractivity contribution in [2.45, 2.75) is 18.9 Å². The summed E-state index contributed by atoms with van der Waals surface area (Å²) in [5.74, 6) is -2.59. The fraction of sp³-hybridized carbons (Fsp3) is 0.296. The number of furan rings is 1. The molecular weight excluding hydrogens is 446 g/mol. The Labute approximate surface area is 203 Å². The van der Waals surface area contributed by atoms with Gasteiger partial charge in [-0.3, -0.25) is 14.4 Å². The zero-order valence-corrected chi connectivity index (χ0v) is 19.9. The van der Waals surface area contributed by atoms with E-state index in [9.17, 15) is 19.5 Å². The highest BCUT2D eigenvalue weighted by atomic mass is 16.3. The van der Waals surface area contributed by atoms with Crippen molar-refractivity contribution in [3.8, 4) is 0 Å². The molecule has 0 radical (unpaired) electrons. The maximum atomic E-state index is 14.2. The molecule has 2 amide bonds. The first-order valence-electron chi connectivity index (χ1n) is 11.7. The number of hydrogen-bond donors (Lipinski definition) is 1. The van der Waals surface area contributed by atoms with Crippen LogP contribution in [0.5, 0.6) is 0 Å². The second kappa shape index (κ2) is 8.39. The molecular formula is C27H27N3O5. The molecule has 3 aromatic rings. The molecule has 5 rings (SSSR count). The molecule has 8 nitrogen and oxygen atoms in total. The minimum Gasteiger partial charge on any atom is -0.503 e. The predicted octanol–water partition coefficient (Wildman–Crippen LogP) is 3.48. The summed E-state index contributed by atoms with van der Waals surface area (Å²) in [5, 5.41) is 11.8. The van der Waals surface area contributed by atoms with Crippen LogP contribution in [0.15, 0.2) is 70.3 Å². The van der Waals surface area contributed by atoms with Gasteiger partial charge in [-0.05, 0) is 38.7 Å². The molecule has 35 heavy (non-hydrogen) atoms. The van der Waals surface area contributed by atoms with Crippen LogP contribution in [-0.2, 0) is 15.1 Å². The first-order valence-corrected chi connectivity index (χ1v) is 11.7. The number of aliphatic hydroxyl groups excluding tert-OH is 1. The summed E-state index contributed by atoms with van der Waals surface area (Å²) < 4.78 is 5.80. The summed E-state index contributed by atoms with van der Waals surface area (Å²) in [6, 6.07) is 15.9. The summed E-state index contributed by atoms with van der Waals surface area (Å²) in [5.41, 5.74) is -0.375. The number of carbonyl (C=O) groups is 3. The average molecular weight is 474 g/mol. The zero-order chi connectivity index (χ0) is 24.9. The summed E-state index contributed by atoms with van der Waals surface area (Å²) in [7, 11) is 3.71. The molecule has 0 saturated carbocycles. The number of amides is 2. The first-order chi connectivity index (χ1) is 16.8. The highest BCUT2D eigenvalue weighted by Crippen LogP contribution is 2.53. The van der Waals surface area contributed by atoms with Crippen molar-refractivity contribution >= 4 is 34.3 Å². The number of benzene rings is 2. The average Bonchev–Trinajstić information content (AvgIpc) is 3.45. The van der Waals surface area contributed by atoms with Crippen LogP contribution >= 0.6 is 0 Å². The second-order valence-electron chi connectivity index (χ2n) is 9.15. The molecule has 2 aromatic carbocycles. The molecule has 3 heterocycles. The van der Waals surface area contributed by atoms with Crippen molar-refractivity contribution in [3.05, 3.63) is 77.3 Å². The van der Waals surface area contributed by atoms with Crippen LogP contribution in [0.4, 0.5) is 5.69 Å². The summed E-state index contributed by atoms with van der Waals surface area (Å²) in [6.45, 7) is 2.96. The van der Waals surface area contributed by atoms with Gasteiger partial charge in [0.05, 0.1) is 11.3 Å². The van der Waals surface area contributed by atoms with Gasteiger partial charge in [-0.1, -0.05) is 43.3 Å². The first kappa shape index (κ1) is 22.9. The molecule has 1 atom stereocenters. The van der Waals surface area contributed by atoms with Gasteiger partial charge in [0.1, 0.15) is 5.58 Å². The Morgan fingerprint density at radius 1 is 1.06 bits per heavy atom. The number of carbonyl (C=O) groups excluding carboxylic acids is 3. The predicted molar refractivity (Wildman–Crippen MR) is 131 cm³/mol. The topological polar surface area (TPSA) is 94.3 Å². The largest absolute Gasteiger partial charge is 0.503 e. The molecule has 1 spiro atoms. The summed E-state index contributed by atoms with van der Waals surface area (Å²) in [4.78, 5) is 46.5. The van der Waals surface area contributed by atoms with Gasteiger partial charge in [-0.25, -0.2) is 0 Å². The molecule has 0 fully saturated rings. The van der Waals surface area contributed by atoms with Crippen LogP contribution in [0, 0.1) is 0 Å². The van der Waals surface area contributed by atoms with E-state index in [2.05, 4.69) is 0 Å². The van der Waals surface area contributed by atoms with E-state index in [4.69, 9.17) is 4.42 Å². The van der Waals surface area contributed by atoms with Crippen LogP contribution in [0.2, 0.25) is 0 Å². The van der Waals surface area contributed by atoms with E-state index in [-0.39, 0.29) is 17.9 Å². The van der Waals surface area contributed by atoms with Crippen molar-refractivity contribution in [3.63, 3.8) is 0 Å². The lowest BCUT2D eigenvalue weighted by Gasteiger charge is -2.36. The van der Waals surface area contributed by atoms with Gasteiger partial charge in [0, 0.05) is 30.6 Å². The van der Waals surface area contributed by atoms with Gasteiger partial charge in [0.2, 0.25) is 5.78 Å². The smallest absolute Gasteiger partial charge is 0.290 e. The van der Waals surface area contributed by atoms with E-state index in [0.717, 1.165) is 0 Å². The third-order valence-corrected chi connectivity index (χ3v) is 6.68. The minimum absolute atomic E-state index is 0.0337. The van der Waals surface area contributed by atoms with E-state index < -0.39 is 28.9 Å². The standard InChI is InChI=1S/C27H27N3O5/c1-4-13-29-19-11-7-6-10-18(19)27(26(29)34)22(24(32)25(33)30(27)15-14-28(2)3)23(31)21-16-17-9-5-8-12-20(17)35-21/h5-12,16,32H,4,13-15H2,1-3H3/t27-/m0/s1. The third-order valence-electron chi connectivity index (χ3n) is 6.68. The highest BCUT2D eigenvalue weighted by molar-refractivity contribution is 6.26. The SMILES string of the molecule is CCCN1C(=O)[C@@]2(C(C(=O)c3cc4ccccc4o3)=C(O)C(=O)N2CCN(C)C)c2ccccc21. The Morgan fingerprint density at radius 3 is 2.49 bits per heavy atom. The van der Waals surface area contributed by atoms with E-state index in [0.29, 0.717) is 41.7 Å². The molecule has 0 unspecified atom stereocenters. The van der Waals surface area contributed by atoms with Gasteiger partial charge in [-0.2, -0.15) is 0 Å². The van der Waals surface area contributed by atoms with Crippen LogP contribution in [-0.4, -0.2) is 66.2 Å². The number of para-hydroxylation sites is 2. The Bertz CT molecular complexity index is 1360. The Hall–Kier alpha value is -3.91. The molecule has 2 aliphatic rings. The van der Waals surface area contributed by atoms with Gasteiger partial charge in [0.15, 0.2) is 17.1 Å². The summed E-state index contributed by atoms with van der Waals surface area (Å²) >= 11 is 0. The molecule has 0 bridgehead atoms. The second-order valence-corrected chi connectivity index (χ2v) is 9.15. The molecule has 2 aliphatic heterocycles. The lowest BCUT2D eigenvalue weighted by atomic mass is 9.81. The third kappa shape index (κ3) is 3.20. The van der Waals surface area contributed by atoms with Crippen molar-refractivity contribution in [1.29, 1.82) is 0 Å². The quantitative estimate of drug-likeness (QED) is 0.528. The molecule has 180 valence electrons. The molecule has 1 aromatic heterocycles. The Kier molecular flexibility index (Phi) is 5.48. The molecule has 0 saturated heterocycles. The van der Waals surface area contributed by atoms with Gasteiger partial charge >= 0.3 is 0 Å². The van der Waals surface area contributed by atoms with Crippen molar-refractivity contribution in [2.75, 3.05) is 38.6 Å². The minimum atomic E-state index is -1.76. The zero-order valence-electron chi connectivity index (χ0n) is 19.9. The van der Waals surface area contributed by atoms with Crippen LogP contribution in [0.25, 0.3) is 11.0 Å².